The maximum Gasteiger partial charge on any atom is 0.322 e. The van der Waals surface area contributed by atoms with Gasteiger partial charge in [-0.15, -0.1) is 0 Å². The third-order valence-electron chi connectivity index (χ3n) is 3.75. The lowest BCUT2D eigenvalue weighted by atomic mass is 10.2. The van der Waals surface area contributed by atoms with E-state index in [1.807, 2.05) is 13.8 Å². The van der Waals surface area contributed by atoms with Crippen LogP contribution in [0, 0.1) is 6.92 Å². The number of likely N-dealkylation sites (N-methyl/N-ethyl adjacent to an activating group) is 1. The number of urea groups is 1. The fourth-order valence-electron chi connectivity index (χ4n) is 2.47. The minimum atomic E-state index is -0.667. The summed E-state index contributed by atoms with van der Waals surface area (Å²) in [7, 11) is 1.52. The summed E-state index contributed by atoms with van der Waals surface area (Å²) in [6.07, 6.45) is -0.667. The summed E-state index contributed by atoms with van der Waals surface area (Å²) in [6.45, 7) is 4.75. The highest BCUT2D eigenvalue weighted by atomic mass is 35.5. The summed E-state index contributed by atoms with van der Waals surface area (Å²) >= 11 is 6.06. The van der Waals surface area contributed by atoms with E-state index in [0.717, 1.165) is 5.56 Å². The van der Waals surface area contributed by atoms with Crippen molar-refractivity contribution in [2.75, 3.05) is 32.2 Å². The average Bonchev–Trinajstić information content (AvgIpc) is 2.89. The van der Waals surface area contributed by atoms with Gasteiger partial charge in [-0.25, -0.2) is 4.79 Å². The molecule has 1 aliphatic heterocycles. The Balaban J connectivity index is 2.18. The van der Waals surface area contributed by atoms with Crippen LogP contribution in [0.4, 0.5) is 10.5 Å². The first-order valence-electron chi connectivity index (χ1n) is 7.15. The van der Waals surface area contributed by atoms with E-state index >= 15 is 0 Å². The second kappa shape index (κ2) is 7.17. The van der Waals surface area contributed by atoms with Gasteiger partial charge in [0.25, 0.3) is 0 Å². The van der Waals surface area contributed by atoms with Gasteiger partial charge in [0, 0.05) is 17.6 Å². The molecule has 6 nitrogen and oxygen atoms in total. The third-order valence-corrected chi connectivity index (χ3v) is 4.15. The second-order valence-corrected chi connectivity index (χ2v) is 5.60. The summed E-state index contributed by atoms with van der Waals surface area (Å²) < 4.78 is 10.5. The fourth-order valence-corrected chi connectivity index (χ4v) is 2.63. The standard InChI is InChI=1S/C15H21ClN2O4/c1-4-18(12-7-22-8-13(12)19)15(20)17-11-5-9(2)10(16)6-14(11)21-3/h5-6,12-13,19H,4,7-8H2,1-3H3,(H,17,20)/t12-,13-/m0/s1. The van der Waals surface area contributed by atoms with Crippen LogP contribution in [0.5, 0.6) is 5.75 Å². The first-order valence-corrected chi connectivity index (χ1v) is 7.53. The number of nitrogens with one attached hydrogen (secondary N) is 1. The van der Waals surface area contributed by atoms with Crippen LogP contribution in [0.1, 0.15) is 12.5 Å². The van der Waals surface area contributed by atoms with Gasteiger partial charge in [-0.3, -0.25) is 0 Å². The van der Waals surface area contributed by atoms with E-state index in [2.05, 4.69) is 5.32 Å². The maximum absolute atomic E-state index is 12.5. The molecule has 2 amide bonds. The predicted molar refractivity (Wildman–Crippen MR) is 84.8 cm³/mol. The molecule has 0 aromatic heterocycles. The lowest BCUT2D eigenvalue weighted by Gasteiger charge is -2.29. The number of anilines is 1. The molecule has 0 spiro atoms. The Hall–Kier alpha value is -1.50. The molecule has 0 unspecified atom stereocenters. The van der Waals surface area contributed by atoms with Crippen molar-refractivity contribution in [1.29, 1.82) is 0 Å². The summed E-state index contributed by atoms with van der Waals surface area (Å²) in [5.41, 5.74) is 1.38. The number of aliphatic hydroxyl groups excluding tert-OH is 1. The first-order chi connectivity index (χ1) is 10.5. The van der Waals surface area contributed by atoms with Gasteiger partial charge in [-0.1, -0.05) is 11.6 Å². The van der Waals surface area contributed by atoms with Crippen LogP contribution >= 0.6 is 11.6 Å². The van der Waals surface area contributed by atoms with Crippen molar-refractivity contribution in [1.82, 2.24) is 4.90 Å². The Morgan fingerprint density at radius 3 is 2.82 bits per heavy atom. The van der Waals surface area contributed by atoms with Crippen LogP contribution in [0.25, 0.3) is 0 Å². The van der Waals surface area contributed by atoms with Gasteiger partial charge in [-0.2, -0.15) is 0 Å². The van der Waals surface area contributed by atoms with E-state index in [1.165, 1.54) is 7.11 Å². The largest absolute Gasteiger partial charge is 0.495 e. The molecular formula is C15H21ClN2O4. The van der Waals surface area contributed by atoms with Crippen LogP contribution in [-0.2, 0) is 4.74 Å². The number of amides is 2. The summed E-state index contributed by atoms with van der Waals surface area (Å²) in [6, 6.07) is 2.77. The van der Waals surface area contributed by atoms with E-state index in [-0.39, 0.29) is 18.7 Å². The smallest absolute Gasteiger partial charge is 0.322 e. The monoisotopic (exact) mass is 328 g/mol. The van der Waals surface area contributed by atoms with E-state index in [9.17, 15) is 9.90 Å². The molecule has 0 bridgehead atoms. The highest BCUT2D eigenvalue weighted by molar-refractivity contribution is 6.31. The minimum absolute atomic E-state index is 0.248. The number of hydrogen-bond acceptors (Lipinski definition) is 4. The zero-order valence-electron chi connectivity index (χ0n) is 12.9. The molecule has 2 rings (SSSR count). The van der Waals surface area contributed by atoms with Gasteiger partial charge in [-0.05, 0) is 25.5 Å². The zero-order chi connectivity index (χ0) is 16.3. The lowest BCUT2D eigenvalue weighted by molar-refractivity contribution is 0.1000. The molecule has 1 aromatic rings. The van der Waals surface area contributed by atoms with E-state index in [1.54, 1.807) is 17.0 Å². The van der Waals surface area contributed by atoms with Gasteiger partial charge in [0.1, 0.15) is 5.75 Å². The van der Waals surface area contributed by atoms with Gasteiger partial charge in [0.2, 0.25) is 0 Å². The van der Waals surface area contributed by atoms with Crippen molar-refractivity contribution in [3.8, 4) is 5.75 Å². The Morgan fingerprint density at radius 1 is 1.55 bits per heavy atom. The molecule has 1 heterocycles. The molecule has 0 radical (unpaired) electrons. The van der Waals surface area contributed by atoms with Crippen LogP contribution in [0.3, 0.4) is 0 Å². The third kappa shape index (κ3) is 3.45. The quantitative estimate of drug-likeness (QED) is 0.889. The molecule has 0 saturated carbocycles. The van der Waals surface area contributed by atoms with Gasteiger partial charge < -0.3 is 24.8 Å². The zero-order valence-corrected chi connectivity index (χ0v) is 13.7. The molecule has 1 aliphatic rings. The van der Waals surface area contributed by atoms with Crippen molar-refractivity contribution in [2.45, 2.75) is 26.0 Å². The van der Waals surface area contributed by atoms with Crippen molar-refractivity contribution in [2.24, 2.45) is 0 Å². The topological polar surface area (TPSA) is 71.0 Å². The molecule has 1 aromatic carbocycles. The summed E-state index contributed by atoms with van der Waals surface area (Å²) in [4.78, 5) is 14.1. The highest BCUT2D eigenvalue weighted by Gasteiger charge is 2.34. The number of nitrogens with zero attached hydrogens (tertiary/aromatic N) is 1. The number of benzene rings is 1. The SMILES string of the molecule is CCN(C(=O)Nc1cc(C)c(Cl)cc1OC)[C@H]1COC[C@@H]1O. The van der Waals surface area contributed by atoms with Crippen molar-refractivity contribution < 1.29 is 19.4 Å². The number of ether oxygens (including phenoxy) is 2. The highest BCUT2D eigenvalue weighted by Crippen LogP contribution is 2.31. The van der Waals surface area contributed by atoms with Crippen molar-refractivity contribution in [3.63, 3.8) is 0 Å². The van der Waals surface area contributed by atoms with Crippen molar-refractivity contribution in [3.05, 3.63) is 22.7 Å². The molecule has 1 fully saturated rings. The molecule has 1 saturated heterocycles. The number of carbonyl (C=O) groups is 1. The number of carbonyl (C=O) groups excluding carboxylic acids is 1. The lowest BCUT2D eigenvalue weighted by Crippen LogP contribution is -2.48. The Bertz CT molecular complexity index is 553. The molecule has 7 heteroatoms. The normalized spacial score (nSPS) is 20.8. The van der Waals surface area contributed by atoms with Crippen LogP contribution in [-0.4, -0.2) is 55.1 Å². The van der Waals surface area contributed by atoms with Gasteiger partial charge >= 0.3 is 6.03 Å². The number of methoxy groups -OCH3 is 1. The number of aliphatic hydroxyl groups is 1. The van der Waals surface area contributed by atoms with Crippen molar-refractivity contribution >= 4 is 23.3 Å². The molecule has 2 atom stereocenters. The number of hydrogen-bond donors (Lipinski definition) is 2. The average molecular weight is 329 g/mol. The number of rotatable bonds is 4. The molecule has 2 N–H and O–H groups in total. The van der Waals surface area contributed by atoms with Crippen LogP contribution in [0.2, 0.25) is 5.02 Å². The summed E-state index contributed by atoms with van der Waals surface area (Å²) in [5, 5.41) is 13.3. The second-order valence-electron chi connectivity index (χ2n) is 5.19. The molecule has 0 aliphatic carbocycles. The predicted octanol–water partition coefficient (Wildman–Crippen LogP) is 2.27. The van der Waals surface area contributed by atoms with E-state index in [0.29, 0.717) is 29.6 Å². The van der Waals surface area contributed by atoms with Crippen LogP contribution < -0.4 is 10.1 Å². The minimum Gasteiger partial charge on any atom is -0.495 e. The number of aryl methyl sites for hydroxylation is 1. The Kier molecular flexibility index (Phi) is 5.50. The van der Waals surface area contributed by atoms with Crippen LogP contribution in [0.15, 0.2) is 12.1 Å². The fraction of sp³-hybridized carbons (Fsp3) is 0.533. The van der Waals surface area contributed by atoms with E-state index < -0.39 is 6.10 Å². The molecule has 122 valence electrons. The van der Waals surface area contributed by atoms with Gasteiger partial charge in [0.05, 0.1) is 38.2 Å². The van der Waals surface area contributed by atoms with Gasteiger partial charge in [0.15, 0.2) is 0 Å². The summed E-state index contributed by atoms with van der Waals surface area (Å²) in [5.74, 6) is 0.489. The molecule has 22 heavy (non-hydrogen) atoms. The van der Waals surface area contributed by atoms with E-state index in [4.69, 9.17) is 21.1 Å². The Labute approximate surface area is 135 Å². The first kappa shape index (κ1) is 16.9. The molecular weight excluding hydrogens is 308 g/mol. The Morgan fingerprint density at radius 2 is 2.27 bits per heavy atom. The maximum atomic E-state index is 12.5. The number of halogens is 1.